The van der Waals surface area contributed by atoms with Gasteiger partial charge in [0, 0.05) is 43.0 Å². The molecule has 2 aromatic rings. The van der Waals surface area contributed by atoms with Gasteiger partial charge in [-0.15, -0.1) is 0 Å². The fourth-order valence-corrected chi connectivity index (χ4v) is 3.43. The number of aromatic amines is 1. The third-order valence-electron chi connectivity index (χ3n) is 4.81. The Morgan fingerprint density at radius 1 is 1.44 bits per heavy atom. The number of piperidine rings is 1. The second kappa shape index (κ2) is 7.08. The Kier molecular flexibility index (Phi) is 4.87. The van der Waals surface area contributed by atoms with Gasteiger partial charge < -0.3 is 10.0 Å². The summed E-state index contributed by atoms with van der Waals surface area (Å²) >= 11 is 0. The van der Waals surface area contributed by atoms with Crippen molar-refractivity contribution in [3.05, 3.63) is 33.9 Å². The molecule has 2 N–H and O–H groups in total. The van der Waals surface area contributed by atoms with E-state index in [2.05, 4.69) is 10.1 Å². The van der Waals surface area contributed by atoms with Crippen LogP contribution in [0.2, 0.25) is 0 Å². The lowest BCUT2D eigenvalue weighted by Crippen LogP contribution is -2.41. The number of amides is 1. The number of hydrogen-bond donors (Lipinski definition) is 2. The molecule has 134 valence electrons. The smallest absolute Gasteiger partial charge is 0.303 e. The van der Waals surface area contributed by atoms with Gasteiger partial charge in [0.25, 0.3) is 5.56 Å². The second-order valence-corrected chi connectivity index (χ2v) is 6.59. The number of aromatic nitrogens is 3. The molecule has 0 bridgehead atoms. The average Bonchev–Trinajstić information content (AvgIpc) is 3.05. The first-order chi connectivity index (χ1) is 12.0. The fraction of sp³-hybridized carbons (Fsp3) is 0.529. The van der Waals surface area contributed by atoms with Gasteiger partial charge in [0.1, 0.15) is 0 Å². The van der Waals surface area contributed by atoms with Crippen LogP contribution < -0.4 is 5.56 Å². The van der Waals surface area contributed by atoms with Crippen LogP contribution in [0.15, 0.2) is 17.1 Å². The minimum Gasteiger partial charge on any atom is -0.481 e. The van der Waals surface area contributed by atoms with Crippen LogP contribution in [-0.2, 0) is 16.0 Å². The van der Waals surface area contributed by atoms with E-state index in [1.165, 1.54) is 4.52 Å². The summed E-state index contributed by atoms with van der Waals surface area (Å²) < 4.78 is 1.33. The molecule has 1 unspecified atom stereocenters. The number of nitrogens with one attached hydrogen (secondary N) is 1. The second-order valence-electron chi connectivity index (χ2n) is 6.59. The summed E-state index contributed by atoms with van der Waals surface area (Å²) in [5.41, 5.74) is 1.25. The fourth-order valence-electron chi connectivity index (χ4n) is 3.43. The molecule has 1 atom stereocenters. The molecule has 3 heterocycles. The molecule has 3 rings (SSSR count). The lowest BCUT2D eigenvalue weighted by atomic mass is 9.93. The molecule has 0 radical (unpaired) electrons. The van der Waals surface area contributed by atoms with Crippen LogP contribution in [0.1, 0.15) is 36.9 Å². The van der Waals surface area contributed by atoms with Gasteiger partial charge in [0.05, 0.1) is 6.42 Å². The zero-order chi connectivity index (χ0) is 18.0. The van der Waals surface area contributed by atoms with Gasteiger partial charge in [-0.2, -0.15) is 0 Å². The van der Waals surface area contributed by atoms with Crippen molar-refractivity contribution >= 4 is 17.5 Å². The van der Waals surface area contributed by atoms with Crippen LogP contribution in [0.25, 0.3) is 5.65 Å². The van der Waals surface area contributed by atoms with E-state index in [-0.39, 0.29) is 30.2 Å². The topological polar surface area (TPSA) is 108 Å². The van der Waals surface area contributed by atoms with Crippen molar-refractivity contribution in [2.45, 2.75) is 39.0 Å². The van der Waals surface area contributed by atoms with Crippen molar-refractivity contribution in [2.24, 2.45) is 5.92 Å². The normalized spacial score (nSPS) is 17.8. The first-order valence-electron chi connectivity index (χ1n) is 8.51. The van der Waals surface area contributed by atoms with E-state index in [0.29, 0.717) is 36.4 Å². The highest BCUT2D eigenvalue weighted by Crippen LogP contribution is 2.21. The molecule has 0 saturated carbocycles. The minimum atomic E-state index is -0.808. The molecule has 0 aromatic carbocycles. The number of nitrogens with zero attached hydrogens (tertiary/aromatic N) is 3. The maximum atomic E-state index is 12.7. The Labute approximate surface area is 144 Å². The van der Waals surface area contributed by atoms with Gasteiger partial charge >= 0.3 is 5.97 Å². The molecule has 1 aliphatic rings. The van der Waals surface area contributed by atoms with Gasteiger partial charge in [0.2, 0.25) is 5.91 Å². The summed E-state index contributed by atoms with van der Waals surface area (Å²) in [6, 6.07) is 1.71. The van der Waals surface area contributed by atoms with Crippen LogP contribution >= 0.6 is 0 Å². The number of rotatable bonds is 5. The molecule has 0 spiro atoms. The summed E-state index contributed by atoms with van der Waals surface area (Å²) in [6.45, 7) is 2.95. The lowest BCUT2D eigenvalue weighted by molar-refractivity contribution is -0.137. The van der Waals surface area contributed by atoms with Crippen molar-refractivity contribution < 1.29 is 14.7 Å². The molecule has 8 nitrogen and oxygen atoms in total. The number of carbonyl (C=O) groups excluding carboxylic acids is 1. The van der Waals surface area contributed by atoms with E-state index in [1.54, 1.807) is 24.1 Å². The number of hydrogen-bond acceptors (Lipinski definition) is 4. The van der Waals surface area contributed by atoms with Gasteiger partial charge in [-0.3, -0.25) is 19.5 Å². The van der Waals surface area contributed by atoms with E-state index >= 15 is 0 Å². The molecular weight excluding hydrogens is 324 g/mol. The summed E-state index contributed by atoms with van der Waals surface area (Å²) in [4.78, 5) is 42.0. The Morgan fingerprint density at radius 3 is 3.00 bits per heavy atom. The maximum Gasteiger partial charge on any atom is 0.303 e. The highest BCUT2D eigenvalue weighted by Gasteiger charge is 2.25. The Morgan fingerprint density at radius 2 is 2.24 bits per heavy atom. The highest BCUT2D eigenvalue weighted by molar-refractivity contribution is 5.79. The van der Waals surface area contributed by atoms with Crippen molar-refractivity contribution in [3.63, 3.8) is 0 Å². The summed E-state index contributed by atoms with van der Waals surface area (Å²) in [7, 11) is 0. The SMILES string of the molecule is Cc1nc2cc[nH]n2c(=O)c1CC(=O)N1CCCC(CCC(=O)O)C1. The average molecular weight is 346 g/mol. The number of likely N-dealkylation sites (tertiary alicyclic amines) is 1. The maximum absolute atomic E-state index is 12.7. The van der Waals surface area contributed by atoms with E-state index < -0.39 is 5.97 Å². The Bertz CT molecular complexity index is 854. The van der Waals surface area contributed by atoms with Crippen LogP contribution in [0.3, 0.4) is 0 Å². The van der Waals surface area contributed by atoms with E-state index in [1.807, 2.05) is 0 Å². The van der Waals surface area contributed by atoms with Crippen LogP contribution in [0.4, 0.5) is 0 Å². The predicted octanol–water partition coefficient (Wildman–Crippen LogP) is 0.977. The highest BCUT2D eigenvalue weighted by atomic mass is 16.4. The van der Waals surface area contributed by atoms with Crippen molar-refractivity contribution in [3.8, 4) is 0 Å². The quantitative estimate of drug-likeness (QED) is 0.839. The standard InChI is InChI=1S/C17H22N4O4/c1-11-13(17(25)21-14(19-11)6-7-18-21)9-15(22)20-8-2-3-12(10-20)4-5-16(23)24/h6-7,12,18H,2-5,8-10H2,1H3,(H,23,24). The van der Waals surface area contributed by atoms with Gasteiger partial charge in [0.15, 0.2) is 5.65 Å². The largest absolute Gasteiger partial charge is 0.481 e. The van der Waals surface area contributed by atoms with Crippen molar-refractivity contribution in [2.75, 3.05) is 13.1 Å². The zero-order valence-electron chi connectivity index (χ0n) is 14.2. The number of H-pyrrole nitrogens is 1. The number of carboxylic acids is 1. The minimum absolute atomic E-state index is 0.0191. The molecule has 1 amide bonds. The first kappa shape index (κ1) is 17.2. The summed E-state index contributed by atoms with van der Waals surface area (Å²) in [5, 5.41) is 11.6. The van der Waals surface area contributed by atoms with E-state index in [9.17, 15) is 14.4 Å². The summed E-state index contributed by atoms with van der Waals surface area (Å²) in [6.07, 6.45) is 4.16. The molecule has 2 aromatic heterocycles. The van der Waals surface area contributed by atoms with Crippen molar-refractivity contribution in [1.29, 1.82) is 0 Å². The number of carboxylic acid groups (broad SMARTS) is 1. The number of carbonyl (C=O) groups is 2. The van der Waals surface area contributed by atoms with E-state index in [0.717, 1.165) is 12.8 Å². The van der Waals surface area contributed by atoms with Crippen molar-refractivity contribution in [1.82, 2.24) is 19.5 Å². The number of fused-ring (bicyclic) bond motifs is 1. The number of aryl methyl sites for hydroxylation is 1. The molecule has 1 fully saturated rings. The van der Waals surface area contributed by atoms with Crippen LogP contribution in [-0.4, -0.2) is 49.6 Å². The van der Waals surface area contributed by atoms with Gasteiger partial charge in [-0.1, -0.05) is 0 Å². The molecule has 1 aliphatic heterocycles. The Balaban J connectivity index is 1.71. The molecular formula is C17H22N4O4. The van der Waals surface area contributed by atoms with E-state index in [4.69, 9.17) is 5.11 Å². The first-order valence-corrected chi connectivity index (χ1v) is 8.51. The van der Waals surface area contributed by atoms with Crippen LogP contribution in [0.5, 0.6) is 0 Å². The monoisotopic (exact) mass is 346 g/mol. The third-order valence-corrected chi connectivity index (χ3v) is 4.81. The molecule has 0 aliphatic carbocycles. The van der Waals surface area contributed by atoms with Gasteiger partial charge in [-0.05, 0) is 32.1 Å². The zero-order valence-corrected chi connectivity index (χ0v) is 14.2. The lowest BCUT2D eigenvalue weighted by Gasteiger charge is -2.32. The number of aliphatic carboxylic acids is 1. The molecule has 25 heavy (non-hydrogen) atoms. The predicted molar refractivity (Wildman–Crippen MR) is 90.4 cm³/mol. The third kappa shape index (κ3) is 3.72. The summed E-state index contributed by atoms with van der Waals surface area (Å²) in [5.74, 6) is -0.703. The van der Waals surface area contributed by atoms with Crippen LogP contribution in [0, 0.1) is 12.8 Å². The molecule has 8 heteroatoms. The Hall–Kier alpha value is -2.64. The molecule has 1 saturated heterocycles. The van der Waals surface area contributed by atoms with Gasteiger partial charge in [-0.25, -0.2) is 9.50 Å².